The summed E-state index contributed by atoms with van der Waals surface area (Å²) in [7, 11) is 0. The Kier molecular flexibility index (Phi) is 4.15. The fraction of sp³-hybridized carbons (Fsp3) is 0.462. The molecule has 1 heterocycles. The summed E-state index contributed by atoms with van der Waals surface area (Å²) in [5.74, 6) is -0.760. The number of aromatic hydroxyl groups is 1. The standard InChI is InChI=1S/C13H17FN2O2/c14-10-3-4-12(17)11(6-10)13(18)16-8-9-2-1-5-15-7-9/h3-4,6,9,15,17H,1-2,5,7-8H2,(H,16,18). The van der Waals surface area contributed by atoms with E-state index in [4.69, 9.17) is 0 Å². The van der Waals surface area contributed by atoms with Gasteiger partial charge < -0.3 is 15.7 Å². The number of hydrogen-bond acceptors (Lipinski definition) is 3. The molecule has 1 saturated heterocycles. The zero-order chi connectivity index (χ0) is 13.0. The molecule has 0 saturated carbocycles. The fourth-order valence-corrected chi connectivity index (χ4v) is 2.12. The molecule has 1 aromatic carbocycles. The second-order valence-electron chi connectivity index (χ2n) is 4.58. The van der Waals surface area contributed by atoms with Gasteiger partial charge >= 0.3 is 0 Å². The molecule has 1 fully saturated rings. The van der Waals surface area contributed by atoms with Crippen molar-refractivity contribution in [3.63, 3.8) is 0 Å². The second kappa shape index (κ2) is 5.82. The molecule has 0 radical (unpaired) electrons. The van der Waals surface area contributed by atoms with Gasteiger partial charge in [-0.15, -0.1) is 0 Å². The van der Waals surface area contributed by atoms with Crippen LogP contribution in [0, 0.1) is 11.7 Å². The lowest BCUT2D eigenvalue weighted by Gasteiger charge is -2.22. The van der Waals surface area contributed by atoms with Gasteiger partial charge in [0.05, 0.1) is 5.56 Å². The number of carbonyl (C=O) groups excluding carboxylic acids is 1. The molecule has 4 nitrogen and oxygen atoms in total. The van der Waals surface area contributed by atoms with Gasteiger partial charge in [0, 0.05) is 6.54 Å². The Morgan fingerprint density at radius 3 is 3.11 bits per heavy atom. The smallest absolute Gasteiger partial charge is 0.255 e. The van der Waals surface area contributed by atoms with Crippen molar-refractivity contribution >= 4 is 5.91 Å². The van der Waals surface area contributed by atoms with Crippen LogP contribution in [0.5, 0.6) is 5.75 Å². The average molecular weight is 252 g/mol. The third-order valence-electron chi connectivity index (χ3n) is 3.15. The van der Waals surface area contributed by atoms with Crippen molar-refractivity contribution in [2.24, 2.45) is 5.92 Å². The van der Waals surface area contributed by atoms with E-state index in [-0.39, 0.29) is 11.3 Å². The Hall–Kier alpha value is -1.62. The maximum Gasteiger partial charge on any atom is 0.255 e. The number of benzene rings is 1. The van der Waals surface area contributed by atoms with Crippen LogP contribution in [0.3, 0.4) is 0 Å². The van der Waals surface area contributed by atoms with Crippen LogP contribution in [0.2, 0.25) is 0 Å². The Balaban J connectivity index is 1.92. The van der Waals surface area contributed by atoms with E-state index in [2.05, 4.69) is 10.6 Å². The highest BCUT2D eigenvalue weighted by atomic mass is 19.1. The summed E-state index contributed by atoms with van der Waals surface area (Å²) in [6.45, 7) is 2.45. The largest absolute Gasteiger partial charge is 0.507 e. The summed E-state index contributed by atoms with van der Waals surface area (Å²) in [4.78, 5) is 11.8. The molecular formula is C13H17FN2O2. The van der Waals surface area contributed by atoms with Gasteiger partial charge in [-0.3, -0.25) is 4.79 Å². The number of halogens is 1. The summed E-state index contributed by atoms with van der Waals surface area (Å²) in [6, 6.07) is 3.35. The SMILES string of the molecule is O=C(NCC1CCCNC1)c1cc(F)ccc1O. The normalized spacial score (nSPS) is 19.5. The first kappa shape index (κ1) is 12.8. The van der Waals surface area contributed by atoms with Crippen molar-refractivity contribution in [1.82, 2.24) is 10.6 Å². The molecule has 1 atom stereocenters. The summed E-state index contributed by atoms with van der Waals surface area (Å²) in [5, 5.41) is 15.5. The molecule has 1 amide bonds. The molecule has 0 spiro atoms. The molecule has 2 rings (SSSR count). The first-order valence-electron chi connectivity index (χ1n) is 6.14. The zero-order valence-corrected chi connectivity index (χ0v) is 10.1. The molecule has 18 heavy (non-hydrogen) atoms. The van der Waals surface area contributed by atoms with Crippen molar-refractivity contribution in [1.29, 1.82) is 0 Å². The van der Waals surface area contributed by atoms with Crippen LogP contribution in [-0.2, 0) is 0 Å². The van der Waals surface area contributed by atoms with Gasteiger partial charge in [0.15, 0.2) is 0 Å². The molecule has 3 N–H and O–H groups in total. The number of piperidine rings is 1. The van der Waals surface area contributed by atoms with Crippen molar-refractivity contribution < 1.29 is 14.3 Å². The molecule has 0 aliphatic carbocycles. The minimum absolute atomic E-state index is 0.0150. The maximum atomic E-state index is 13.0. The first-order valence-corrected chi connectivity index (χ1v) is 6.14. The first-order chi connectivity index (χ1) is 8.66. The second-order valence-corrected chi connectivity index (χ2v) is 4.58. The quantitative estimate of drug-likeness (QED) is 0.759. The van der Waals surface area contributed by atoms with Crippen molar-refractivity contribution in [3.05, 3.63) is 29.6 Å². The van der Waals surface area contributed by atoms with Crippen molar-refractivity contribution in [3.8, 4) is 5.75 Å². The van der Waals surface area contributed by atoms with Crippen LogP contribution >= 0.6 is 0 Å². The van der Waals surface area contributed by atoms with Crippen LogP contribution in [0.4, 0.5) is 4.39 Å². The lowest BCUT2D eigenvalue weighted by Crippen LogP contribution is -2.38. The third-order valence-corrected chi connectivity index (χ3v) is 3.15. The van der Waals surface area contributed by atoms with Crippen LogP contribution in [0.15, 0.2) is 18.2 Å². The number of rotatable bonds is 3. The van der Waals surface area contributed by atoms with E-state index in [1.54, 1.807) is 0 Å². The monoisotopic (exact) mass is 252 g/mol. The van der Waals surface area contributed by atoms with Gasteiger partial charge in [-0.2, -0.15) is 0 Å². The van der Waals surface area contributed by atoms with Gasteiger partial charge in [0.1, 0.15) is 11.6 Å². The number of phenolic OH excluding ortho intramolecular Hbond substituents is 1. The number of nitrogens with one attached hydrogen (secondary N) is 2. The molecule has 1 aliphatic rings. The molecule has 1 aromatic rings. The van der Waals surface area contributed by atoms with Crippen LogP contribution in [-0.4, -0.2) is 30.6 Å². The van der Waals surface area contributed by atoms with Crippen LogP contribution < -0.4 is 10.6 Å². The number of hydrogen-bond donors (Lipinski definition) is 3. The van der Waals surface area contributed by atoms with E-state index in [9.17, 15) is 14.3 Å². The Morgan fingerprint density at radius 1 is 1.56 bits per heavy atom. The van der Waals surface area contributed by atoms with E-state index in [0.29, 0.717) is 12.5 Å². The molecular weight excluding hydrogens is 235 g/mol. The van der Waals surface area contributed by atoms with E-state index in [1.165, 1.54) is 6.07 Å². The van der Waals surface area contributed by atoms with Gasteiger partial charge in [-0.25, -0.2) is 4.39 Å². The molecule has 98 valence electrons. The van der Waals surface area contributed by atoms with E-state index >= 15 is 0 Å². The van der Waals surface area contributed by atoms with E-state index in [0.717, 1.165) is 38.1 Å². The zero-order valence-electron chi connectivity index (χ0n) is 10.1. The summed E-state index contributed by atoms with van der Waals surface area (Å²) >= 11 is 0. The number of carbonyl (C=O) groups is 1. The summed E-state index contributed by atoms with van der Waals surface area (Å²) in [6.07, 6.45) is 2.17. The Labute approximate surface area is 105 Å². The van der Waals surface area contributed by atoms with E-state index in [1.807, 2.05) is 0 Å². The fourth-order valence-electron chi connectivity index (χ4n) is 2.12. The van der Waals surface area contributed by atoms with E-state index < -0.39 is 11.7 Å². The average Bonchev–Trinajstić information content (AvgIpc) is 2.40. The van der Waals surface area contributed by atoms with Crippen LogP contribution in [0.25, 0.3) is 0 Å². The molecule has 5 heteroatoms. The molecule has 0 aromatic heterocycles. The summed E-state index contributed by atoms with van der Waals surface area (Å²) < 4.78 is 13.0. The number of amides is 1. The van der Waals surface area contributed by atoms with Crippen molar-refractivity contribution in [2.45, 2.75) is 12.8 Å². The minimum Gasteiger partial charge on any atom is -0.507 e. The van der Waals surface area contributed by atoms with Gasteiger partial charge in [0.2, 0.25) is 0 Å². The minimum atomic E-state index is -0.530. The lowest BCUT2D eigenvalue weighted by atomic mass is 9.99. The highest BCUT2D eigenvalue weighted by Crippen LogP contribution is 2.18. The molecule has 1 unspecified atom stereocenters. The Bertz CT molecular complexity index is 431. The lowest BCUT2D eigenvalue weighted by molar-refractivity contribution is 0.0941. The number of phenols is 1. The molecule has 1 aliphatic heterocycles. The third kappa shape index (κ3) is 3.20. The highest BCUT2D eigenvalue weighted by molar-refractivity contribution is 5.96. The molecule has 0 bridgehead atoms. The predicted octanol–water partition coefficient (Wildman–Crippen LogP) is 1.26. The topological polar surface area (TPSA) is 61.4 Å². The van der Waals surface area contributed by atoms with Gasteiger partial charge in [-0.1, -0.05) is 0 Å². The van der Waals surface area contributed by atoms with Gasteiger partial charge in [0.25, 0.3) is 5.91 Å². The highest BCUT2D eigenvalue weighted by Gasteiger charge is 2.16. The van der Waals surface area contributed by atoms with Crippen LogP contribution in [0.1, 0.15) is 23.2 Å². The summed E-state index contributed by atoms with van der Waals surface area (Å²) in [5.41, 5.74) is -0.0150. The van der Waals surface area contributed by atoms with Crippen molar-refractivity contribution in [2.75, 3.05) is 19.6 Å². The maximum absolute atomic E-state index is 13.0. The predicted molar refractivity (Wildman–Crippen MR) is 66.0 cm³/mol. The van der Waals surface area contributed by atoms with Gasteiger partial charge in [-0.05, 0) is 50.0 Å². The Morgan fingerprint density at radius 2 is 2.39 bits per heavy atom.